The van der Waals surface area contributed by atoms with Crippen molar-refractivity contribution >= 4 is 29.4 Å². The first kappa shape index (κ1) is 20.5. The average Bonchev–Trinajstić information content (AvgIpc) is 3.37. The van der Waals surface area contributed by atoms with E-state index < -0.39 is 61.4 Å². The van der Waals surface area contributed by atoms with Crippen molar-refractivity contribution in [3.05, 3.63) is 30.3 Å². The van der Waals surface area contributed by atoms with Crippen LogP contribution in [0.15, 0.2) is 30.3 Å². The van der Waals surface area contributed by atoms with Crippen LogP contribution >= 0.6 is 0 Å². The Morgan fingerprint density at radius 3 is 2.13 bits per heavy atom. The predicted octanol–water partition coefficient (Wildman–Crippen LogP) is -0.310. The zero-order valence-corrected chi connectivity index (χ0v) is 16.4. The van der Waals surface area contributed by atoms with Crippen LogP contribution in [0.5, 0.6) is 0 Å². The number of ether oxygens (including phenoxy) is 5. The second kappa shape index (κ2) is 8.13. The third kappa shape index (κ3) is 3.26. The zero-order valence-electron chi connectivity index (χ0n) is 16.4. The van der Waals surface area contributed by atoms with Crippen molar-refractivity contribution in [1.82, 2.24) is 0 Å². The summed E-state index contributed by atoms with van der Waals surface area (Å²) in [4.78, 5) is 50.5. The molecule has 3 fully saturated rings. The highest BCUT2D eigenvalue weighted by Gasteiger charge is 2.70. The summed E-state index contributed by atoms with van der Waals surface area (Å²) in [6, 6.07) is 8.64. The summed E-state index contributed by atoms with van der Waals surface area (Å²) in [5, 5.41) is 0. The lowest BCUT2D eigenvalue weighted by Gasteiger charge is -2.31. The number of rotatable bonds is 7. The molecule has 0 spiro atoms. The number of benzene rings is 1. The number of hydrogen-bond donors (Lipinski definition) is 0. The molecule has 30 heavy (non-hydrogen) atoms. The van der Waals surface area contributed by atoms with E-state index in [4.69, 9.17) is 18.9 Å². The Kier molecular flexibility index (Phi) is 5.54. The lowest BCUT2D eigenvalue weighted by molar-refractivity contribution is -0.167. The van der Waals surface area contributed by atoms with Crippen molar-refractivity contribution in [3.8, 4) is 0 Å². The van der Waals surface area contributed by atoms with Crippen molar-refractivity contribution in [2.45, 2.75) is 24.4 Å². The molecule has 1 aromatic rings. The van der Waals surface area contributed by atoms with Gasteiger partial charge in [-0.15, -0.1) is 0 Å². The quantitative estimate of drug-likeness (QED) is 0.433. The van der Waals surface area contributed by atoms with E-state index >= 15 is 0 Å². The Morgan fingerprint density at radius 1 is 0.933 bits per heavy atom. The maximum atomic E-state index is 13.1. The summed E-state index contributed by atoms with van der Waals surface area (Å²) >= 11 is 0. The molecule has 10 nitrogen and oxygen atoms in total. The molecule has 0 radical (unpaired) electrons. The molecule has 6 atom stereocenters. The van der Waals surface area contributed by atoms with E-state index in [1.54, 1.807) is 30.3 Å². The minimum atomic E-state index is -0.872. The van der Waals surface area contributed by atoms with Crippen LogP contribution in [0.2, 0.25) is 0 Å². The molecule has 3 aliphatic heterocycles. The van der Waals surface area contributed by atoms with Gasteiger partial charge in [0.15, 0.2) is 6.10 Å². The van der Waals surface area contributed by atoms with Crippen molar-refractivity contribution in [3.63, 3.8) is 0 Å². The summed E-state index contributed by atoms with van der Waals surface area (Å²) in [5.74, 6) is -3.56. The van der Waals surface area contributed by atoms with Gasteiger partial charge in [-0.2, -0.15) is 0 Å². The molecular formula is C20H21NO9. The Labute approximate surface area is 171 Å². The third-order valence-electron chi connectivity index (χ3n) is 5.61. The van der Waals surface area contributed by atoms with E-state index in [2.05, 4.69) is 4.74 Å². The second-order valence-electron chi connectivity index (χ2n) is 7.19. The van der Waals surface area contributed by atoms with Gasteiger partial charge in [-0.1, -0.05) is 18.2 Å². The lowest BCUT2D eigenvalue weighted by Crippen LogP contribution is -2.50. The average molecular weight is 419 g/mol. The summed E-state index contributed by atoms with van der Waals surface area (Å²) in [6.45, 7) is -0.868. The van der Waals surface area contributed by atoms with Crippen LogP contribution in [0.3, 0.4) is 0 Å². The summed E-state index contributed by atoms with van der Waals surface area (Å²) < 4.78 is 26.1. The smallest absolute Gasteiger partial charge is 0.332 e. The van der Waals surface area contributed by atoms with Gasteiger partial charge in [0, 0.05) is 7.11 Å². The number of imide groups is 1. The lowest BCUT2D eigenvalue weighted by atomic mass is 9.78. The highest BCUT2D eigenvalue weighted by atomic mass is 16.6. The van der Waals surface area contributed by atoms with Crippen LogP contribution in [0.25, 0.3) is 0 Å². The van der Waals surface area contributed by atoms with Crippen LogP contribution < -0.4 is 4.90 Å². The monoisotopic (exact) mass is 419 g/mol. The molecule has 2 bridgehead atoms. The van der Waals surface area contributed by atoms with Crippen LogP contribution in [0.1, 0.15) is 0 Å². The molecule has 4 rings (SSSR count). The number of hydrogen-bond acceptors (Lipinski definition) is 9. The fourth-order valence-corrected chi connectivity index (χ4v) is 4.39. The van der Waals surface area contributed by atoms with Crippen LogP contribution in [-0.4, -0.2) is 75.6 Å². The van der Waals surface area contributed by atoms with Crippen molar-refractivity contribution in [2.24, 2.45) is 11.8 Å². The topological polar surface area (TPSA) is 118 Å². The number of amides is 2. The Morgan fingerprint density at radius 2 is 1.53 bits per heavy atom. The highest BCUT2D eigenvalue weighted by molar-refractivity contribution is 6.22. The first-order chi connectivity index (χ1) is 14.5. The molecule has 4 unspecified atom stereocenters. The van der Waals surface area contributed by atoms with E-state index in [1.165, 1.54) is 14.2 Å². The molecule has 0 aromatic heterocycles. The van der Waals surface area contributed by atoms with Gasteiger partial charge in [-0.05, 0) is 12.1 Å². The second-order valence-corrected chi connectivity index (χ2v) is 7.19. The number of carbonyl (C=O) groups is 4. The van der Waals surface area contributed by atoms with E-state index in [0.29, 0.717) is 5.69 Å². The molecular weight excluding hydrogens is 398 g/mol. The molecule has 3 saturated heterocycles. The molecule has 2 amide bonds. The molecule has 0 aliphatic carbocycles. The van der Waals surface area contributed by atoms with Crippen molar-refractivity contribution in [1.29, 1.82) is 0 Å². The fourth-order valence-electron chi connectivity index (χ4n) is 4.39. The summed E-state index contributed by atoms with van der Waals surface area (Å²) in [6.07, 6.45) is -3.08. The van der Waals surface area contributed by atoms with Gasteiger partial charge in [0.25, 0.3) is 0 Å². The van der Waals surface area contributed by atoms with Gasteiger partial charge in [-0.25, -0.2) is 14.5 Å². The number of carbonyl (C=O) groups excluding carboxylic acids is 4. The van der Waals surface area contributed by atoms with Gasteiger partial charge in [0.05, 0.1) is 24.6 Å². The van der Waals surface area contributed by atoms with E-state index in [9.17, 15) is 19.2 Å². The van der Waals surface area contributed by atoms with E-state index in [1.807, 2.05) is 0 Å². The SMILES string of the molecule is COC(=O)COCC(=O)OC1C2O[C@@H](C3C(=O)N(c4ccccc4)C(=O)C23)[C@H]1OC. The predicted molar refractivity (Wildman–Crippen MR) is 98.1 cm³/mol. The molecule has 0 N–H and O–H groups in total. The van der Waals surface area contributed by atoms with Gasteiger partial charge in [0.1, 0.15) is 31.5 Å². The zero-order chi connectivity index (χ0) is 21.4. The first-order valence-corrected chi connectivity index (χ1v) is 9.43. The number of para-hydroxylation sites is 1. The van der Waals surface area contributed by atoms with Gasteiger partial charge in [-0.3, -0.25) is 9.59 Å². The maximum absolute atomic E-state index is 13.1. The van der Waals surface area contributed by atoms with Gasteiger partial charge >= 0.3 is 11.9 Å². The van der Waals surface area contributed by atoms with Crippen LogP contribution in [-0.2, 0) is 42.9 Å². The third-order valence-corrected chi connectivity index (χ3v) is 5.61. The molecule has 160 valence electrons. The summed E-state index contributed by atoms with van der Waals surface area (Å²) in [5.41, 5.74) is 0.486. The Balaban J connectivity index is 1.48. The van der Waals surface area contributed by atoms with Crippen molar-refractivity contribution < 1.29 is 42.9 Å². The molecule has 3 heterocycles. The minimum absolute atomic E-state index is 0.350. The number of anilines is 1. The molecule has 3 aliphatic rings. The molecule has 1 aromatic carbocycles. The standard InChI is InChI=1S/C20H21NO9/c1-26-11(22)8-28-9-12(23)29-18-16-14-13(15(30-16)17(18)27-2)19(24)21(20(14)25)10-6-4-3-5-7-10/h3-7,13-18H,8-9H2,1-2H3/t13?,14?,15-,16?,17+,18?/m0/s1. The minimum Gasteiger partial charge on any atom is -0.467 e. The van der Waals surface area contributed by atoms with E-state index in [-0.39, 0.29) is 11.8 Å². The van der Waals surface area contributed by atoms with Gasteiger partial charge < -0.3 is 23.7 Å². The first-order valence-electron chi connectivity index (χ1n) is 9.43. The van der Waals surface area contributed by atoms with Crippen LogP contribution in [0, 0.1) is 11.8 Å². The largest absolute Gasteiger partial charge is 0.467 e. The van der Waals surface area contributed by atoms with Gasteiger partial charge in [0.2, 0.25) is 11.8 Å². The number of nitrogens with zero attached hydrogens (tertiary/aromatic N) is 1. The number of fused-ring (bicyclic) bond motifs is 5. The normalized spacial score (nSPS) is 31.7. The maximum Gasteiger partial charge on any atom is 0.332 e. The number of methoxy groups -OCH3 is 2. The van der Waals surface area contributed by atoms with E-state index in [0.717, 1.165) is 4.90 Å². The van der Waals surface area contributed by atoms with Crippen molar-refractivity contribution in [2.75, 3.05) is 32.3 Å². The Bertz CT molecular complexity index is 857. The number of esters is 2. The van der Waals surface area contributed by atoms with Crippen LogP contribution in [0.4, 0.5) is 5.69 Å². The molecule has 10 heteroatoms. The summed E-state index contributed by atoms with van der Waals surface area (Å²) in [7, 11) is 2.63. The highest BCUT2D eigenvalue weighted by Crippen LogP contribution is 2.51. The fraction of sp³-hybridized carbons (Fsp3) is 0.500. The molecule has 0 saturated carbocycles. The Hall–Kier alpha value is -2.82.